The maximum Gasteiger partial charge on any atom is 0.237 e. The molecule has 6 nitrogen and oxygen atoms in total. The second kappa shape index (κ2) is 4.29. The fraction of sp³-hybridized carbons (Fsp3) is 0.417. The van der Waals surface area contributed by atoms with Crippen LogP contribution in [0.25, 0.3) is 11.2 Å². The monoisotopic (exact) mass is 243 g/mol. The first kappa shape index (κ1) is 11.0. The SMILES string of the molecule is CC(C)C1COC(c2cnc3ncncc3n2)=N1. The van der Waals surface area contributed by atoms with Crippen LogP contribution in [0.15, 0.2) is 23.7 Å². The van der Waals surface area contributed by atoms with E-state index in [1.54, 1.807) is 12.4 Å². The van der Waals surface area contributed by atoms with E-state index >= 15 is 0 Å². The number of rotatable bonds is 2. The molecule has 0 saturated carbocycles. The van der Waals surface area contributed by atoms with Gasteiger partial charge in [0.05, 0.1) is 18.4 Å². The third-order valence-corrected chi connectivity index (χ3v) is 2.89. The molecule has 1 atom stereocenters. The van der Waals surface area contributed by atoms with Gasteiger partial charge in [-0.3, -0.25) is 0 Å². The van der Waals surface area contributed by atoms with Gasteiger partial charge in [0, 0.05) is 0 Å². The van der Waals surface area contributed by atoms with Gasteiger partial charge in [0.25, 0.3) is 0 Å². The fourth-order valence-corrected chi connectivity index (χ4v) is 1.75. The summed E-state index contributed by atoms with van der Waals surface area (Å²) in [6, 6.07) is 0.199. The lowest BCUT2D eigenvalue weighted by atomic mass is 10.1. The number of aliphatic imine (C=N–C) groups is 1. The van der Waals surface area contributed by atoms with Crippen LogP contribution in [0.3, 0.4) is 0 Å². The van der Waals surface area contributed by atoms with Crippen LogP contribution in [0.4, 0.5) is 0 Å². The topological polar surface area (TPSA) is 73.2 Å². The summed E-state index contributed by atoms with van der Waals surface area (Å²) in [6.07, 6.45) is 4.72. The third kappa shape index (κ3) is 1.90. The maximum atomic E-state index is 5.57. The lowest BCUT2D eigenvalue weighted by Gasteiger charge is -2.06. The molecular formula is C12H13N5O. The molecule has 1 aliphatic rings. The Balaban J connectivity index is 1.98. The van der Waals surface area contributed by atoms with Crippen molar-refractivity contribution in [2.75, 3.05) is 6.61 Å². The van der Waals surface area contributed by atoms with Gasteiger partial charge >= 0.3 is 0 Å². The van der Waals surface area contributed by atoms with E-state index in [0.717, 1.165) is 0 Å². The molecule has 0 N–H and O–H groups in total. The zero-order chi connectivity index (χ0) is 12.5. The van der Waals surface area contributed by atoms with Crippen LogP contribution in [0.2, 0.25) is 0 Å². The summed E-state index contributed by atoms with van der Waals surface area (Å²) in [6.45, 7) is 4.86. The molecule has 0 saturated heterocycles. The molecular weight excluding hydrogens is 230 g/mol. The molecule has 1 aliphatic heterocycles. The van der Waals surface area contributed by atoms with Gasteiger partial charge in [-0.25, -0.2) is 24.9 Å². The maximum absolute atomic E-state index is 5.57. The van der Waals surface area contributed by atoms with E-state index < -0.39 is 0 Å². The average molecular weight is 243 g/mol. The Labute approximate surface area is 104 Å². The van der Waals surface area contributed by atoms with Crippen molar-refractivity contribution in [3.8, 4) is 0 Å². The van der Waals surface area contributed by atoms with Crippen LogP contribution >= 0.6 is 0 Å². The highest BCUT2D eigenvalue weighted by atomic mass is 16.5. The molecule has 2 aromatic rings. The first-order valence-corrected chi connectivity index (χ1v) is 5.88. The van der Waals surface area contributed by atoms with Crippen molar-refractivity contribution in [2.45, 2.75) is 19.9 Å². The molecule has 0 amide bonds. The average Bonchev–Trinajstić information content (AvgIpc) is 2.88. The van der Waals surface area contributed by atoms with Crippen molar-refractivity contribution in [3.05, 3.63) is 24.4 Å². The Morgan fingerprint density at radius 3 is 2.94 bits per heavy atom. The normalized spacial score (nSPS) is 19.1. The van der Waals surface area contributed by atoms with Gasteiger partial charge in [0.15, 0.2) is 5.65 Å². The Bertz CT molecular complexity index is 610. The summed E-state index contributed by atoms with van der Waals surface area (Å²) in [4.78, 5) is 21.1. The molecule has 0 aromatic carbocycles. The summed E-state index contributed by atoms with van der Waals surface area (Å²) in [5.74, 6) is 1.02. The first-order valence-electron chi connectivity index (χ1n) is 5.88. The predicted octanol–water partition coefficient (Wildman–Crippen LogP) is 1.22. The Morgan fingerprint density at radius 1 is 1.28 bits per heavy atom. The number of aromatic nitrogens is 4. The molecule has 0 radical (unpaired) electrons. The van der Waals surface area contributed by atoms with E-state index in [-0.39, 0.29) is 6.04 Å². The molecule has 6 heteroatoms. The summed E-state index contributed by atoms with van der Waals surface area (Å²) in [7, 11) is 0. The molecule has 0 spiro atoms. The minimum absolute atomic E-state index is 0.199. The Morgan fingerprint density at radius 2 is 2.17 bits per heavy atom. The molecule has 2 aromatic heterocycles. The van der Waals surface area contributed by atoms with E-state index in [2.05, 4.69) is 38.8 Å². The number of nitrogens with zero attached hydrogens (tertiary/aromatic N) is 5. The second-order valence-electron chi connectivity index (χ2n) is 4.54. The Kier molecular flexibility index (Phi) is 2.62. The van der Waals surface area contributed by atoms with Crippen molar-refractivity contribution in [1.29, 1.82) is 0 Å². The van der Waals surface area contributed by atoms with Crippen LogP contribution < -0.4 is 0 Å². The van der Waals surface area contributed by atoms with Gasteiger partial charge < -0.3 is 4.74 Å². The third-order valence-electron chi connectivity index (χ3n) is 2.89. The standard InChI is InChI=1S/C12H13N5O/c1-7(2)10-5-18-12(17-10)9-4-14-11-8(16-9)3-13-6-15-11/h3-4,6-7,10H,5H2,1-2H3. The van der Waals surface area contributed by atoms with Crippen molar-refractivity contribution in [2.24, 2.45) is 10.9 Å². The summed E-state index contributed by atoms with van der Waals surface area (Å²) < 4.78 is 5.57. The van der Waals surface area contributed by atoms with Crippen molar-refractivity contribution < 1.29 is 4.74 Å². The lowest BCUT2D eigenvalue weighted by molar-refractivity contribution is 0.291. The molecule has 0 aliphatic carbocycles. The minimum Gasteiger partial charge on any atom is -0.474 e. The zero-order valence-corrected chi connectivity index (χ0v) is 10.2. The molecule has 0 bridgehead atoms. The molecule has 18 heavy (non-hydrogen) atoms. The van der Waals surface area contributed by atoms with E-state index in [1.807, 2.05) is 0 Å². The van der Waals surface area contributed by atoms with Crippen LogP contribution in [-0.2, 0) is 4.74 Å². The van der Waals surface area contributed by atoms with Crippen LogP contribution in [0.5, 0.6) is 0 Å². The Hall–Kier alpha value is -2.11. The lowest BCUT2D eigenvalue weighted by Crippen LogP contribution is -2.13. The van der Waals surface area contributed by atoms with Gasteiger partial charge in [-0.05, 0) is 5.92 Å². The van der Waals surface area contributed by atoms with Crippen molar-refractivity contribution in [3.63, 3.8) is 0 Å². The van der Waals surface area contributed by atoms with Crippen molar-refractivity contribution in [1.82, 2.24) is 19.9 Å². The predicted molar refractivity (Wildman–Crippen MR) is 66.2 cm³/mol. The number of ether oxygens (including phenoxy) is 1. The van der Waals surface area contributed by atoms with E-state index in [4.69, 9.17) is 4.74 Å². The van der Waals surface area contributed by atoms with Crippen LogP contribution in [-0.4, -0.2) is 38.5 Å². The molecule has 3 heterocycles. The van der Waals surface area contributed by atoms with Gasteiger partial charge in [-0.2, -0.15) is 0 Å². The number of hydrogen-bond acceptors (Lipinski definition) is 6. The van der Waals surface area contributed by atoms with E-state index in [9.17, 15) is 0 Å². The number of fused-ring (bicyclic) bond motifs is 1. The van der Waals surface area contributed by atoms with Crippen LogP contribution in [0.1, 0.15) is 19.5 Å². The summed E-state index contributed by atoms with van der Waals surface area (Å²) >= 11 is 0. The molecule has 92 valence electrons. The quantitative estimate of drug-likeness (QED) is 0.793. The van der Waals surface area contributed by atoms with Gasteiger partial charge in [0.2, 0.25) is 5.90 Å². The van der Waals surface area contributed by atoms with E-state index in [0.29, 0.717) is 35.3 Å². The minimum atomic E-state index is 0.199. The zero-order valence-electron chi connectivity index (χ0n) is 10.2. The summed E-state index contributed by atoms with van der Waals surface area (Å²) in [5.41, 5.74) is 1.86. The van der Waals surface area contributed by atoms with Crippen molar-refractivity contribution >= 4 is 17.1 Å². The van der Waals surface area contributed by atoms with Gasteiger partial charge in [-0.1, -0.05) is 13.8 Å². The molecule has 3 rings (SSSR count). The summed E-state index contributed by atoms with van der Waals surface area (Å²) in [5, 5.41) is 0. The number of hydrogen-bond donors (Lipinski definition) is 0. The second-order valence-corrected chi connectivity index (χ2v) is 4.54. The van der Waals surface area contributed by atoms with E-state index in [1.165, 1.54) is 6.33 Å². The first-order chi connectivity index (χ1) is 8.74. The highest BCUT2D eigenvalue weighted by Crippen LogP contribution is 2.17. The van der Waals surface area contributed by atoms with Gasteiger partial charge in [0.1, 0.15) is 24.1 Å². The highest BCUT2D eigenvalue weighted by molar-refractivity contribution is 5.94. The van der Waals surface area contributed by atoms with Gasteiger partial charge in [-0.15, -0.1) is 0 Å². The highest BCUT2D eigenvalue weighted by Gasteiger charge is 2.23. The smallest absolute Gasteiger partial charge is 0.237 e. The largest absolute Gasteiger partial charge is 0.474 e. The molecule has 0 fully saturated rings. The molecule has 1 unspecified atom stereocenters. The van der Waals surface area contributed by atoms with Crippen LogP contribution in [0, 0.1) is 5.92 Å². The fourth-order valence-electron chi connectivity index (χ4n) is 1.75.